The number of hydrogen-bond acceptors (Lipinski definition) is 5. The number of benzene rings is 2. The molecule has 0 spiro atoms. The second-order valence-electron chi connectivity index (χ2n) is 7.66. The molecule has 1 aliphatic rings. The quantitative estimate of drug-likeness (QED) is 0.531. The van der Waals surface area contributed by atoms with Crippen LogP contribution < -0.4 is 10.9 Å². The largest absolute Gasteiger partial charge is 0.423 e. The van der Waals surface area contributed by atoms with E-state index < -0.39 is 29.4 Å². The van der Waals surface area contributed by atoms with E-state index >= 15 is 0 Å². The molecular weight excluding hydrogens is 384 g/mol. The van der Waals surface area contributed by atoms with Gasteiger partial charge in [-0.3, -0.25) is 19.3 Å². The third-order valence-corrected chi connectivity index (χ3v) is 5.22. The smallest absolute Gasteiger partial charge is 0.336 e. The van der Waals surface area contributed by atoms with Gasteiger partial charge >= 0.3 is 5.63 Å². The highest BCUT2D eigenvalue weighted by Crippen LogP contribution is 2.28. The van der Waals surface area contributed by atoms with Gasteiger partial charge in [-0.15, -0.1) is 0 Å². The molecule has 0 saturated carbocycles. The van der Waals surface area contributed by atoms with Crippen molar-refractivity contribution in [2.24, 2.45) is 5.92 Å². The minimum absolute atomic E-state index is 0.295. The molecule has 0 unspecified atom stereocenters. The average Bonchev–Trinajstić information content (AvgIpc) is 2.93. The lowest BCUT2D eigenvalue weighted by molar-refractivity contribution is -0.121. The van der Waals surface area contributed by atoms with Crippen molar-refractivity contribution in [3.05, 3.63) is 75.6 Å². The molecule has 30 heavy (non-hydrogen) atoms. The number of anilines is 1. The number of nitrogens with zero attached hydrogens (tertiary/aromatic N) is 1. The van der Waals surface area contributed by atoms with E-state index in [1.54, 1.807) is 63.2 Å². The first-order chi connectivity index (χ1) is 14.3. The lowest BCUT2D eigenvalue weighted by atomic mass is 10.0. The molecule has 1 N–H and O–H groups in total. The topological polar surface area (TPSA) is 96.7 Å². The van der Waals surface area contributed by atoms with Gasteiger partial charge in [0.05, 0.1) is 11.1 Å². The molecule has 7 nitrogen and oxygen atoms in total. The number of aryl methyl sites for hydroxylation is 1. The van der Waals surface area contributed by atoms with Crippen LogP contribution in [0, 0.1) is 12.8 Å². The van der Waals surface area contributed by atoms with Crippen LogP contribution in [-0.4, -0.2) is 28.7 Å². The number of carbonyl (C=O) groups excluding carboxylic acids is 3. The van der Waals surface area contributed by atoms with Gasteiger partial charge in [-0.1, -0.05) is 26.0 Å². The Balaban J connectivity index is 1.66. The second kappa shape index (κ2) is 7.26. The summed E-state index contributed by atoms with van der Waals surface area (Å²) in [5.41, 5.74) is 1.63. The van der Waals surface area contributed by atoms with Gasteiger partial charge in [0.15, 0.2) is 0 Å². The molecule has 0 saturated heterocycles. The molecule has 0 aliphatic carbocycles. The fourth-order valence-electron chi connectivity index (χ4n) is 3.80. The Kier molecular flexibility index (Phi) is 4.73. The monoisotopic (exact) mass is 404 g/mol. The van der Waals surface area contributed by atoms with Crippen LogP contribution >= 0.6 is 0 Å². The molecule has 0 radical (unpaired) electrons. The summed E-state index contributed by atoms with van der Waals surface area (Å²) in [6, 6.07) is 11.9. The van der Waals surface area contributed by atoms with E-state index in [2.05, 4.69) is 5.32 Å². The van der Waals surface area contributed by atoms with Crippen molar-refractivity contribution < 1.29 is 18.8 Å². The van der Waals surface area contributed by atoms with Crippen molar-refractivity contribution in [3.8, 4) is 0 Å². The van der Waals surface area contributed by atoms with E-state index in [-0.39, 0.29) is 5.92 Å². The van der Waals surface area contributed by atoms with Crippen LogP contribution in [0.25, 0.3) is 11.0 Å². The maximum absolute atomic E-state index is 13.1. The highest BCUT2D eigenvalue weighted by Gasteiger charge is 2.43. The SMILES string of the molecule is Cc1cc(=O)oc2cc(NC(=O)[C@@H](C(C)C)N3C(=O)c4ccccc4C3=O)ccc12. The van der Waals surface area contributed by atoms with Crippen molar-refractivity contribution in [1.82, 2.24) is 4.90 Å². The average molecular weight is 404 g/mol. The summed E-state index contributed by atoms with van der Waals surface area (Å²) in [6.45, 7) is 5.35. The Morgan fingerprint density at radius 2 is 1.60 bits per heavy atom. The summed E-state index contributed by atoms with van der Waals surface area (Å²) in [4.78, 5) is 51.5. The zero-order valence-electron chi connectivity index (χ0n) is 16.8. The van der Waals surface area contributed by atoms with Crippen LogP contribution in [0.2, 0.25) is 0 Å². The van der Waals surface area contributed by atoms with Crippen molar-refractivity contribution >= 4 is 34.4 Å². The maximum Gasteiger partial charge on any atom is 0.336 e. The maximum atomic E-state index is 13.1. The molecule has 2 aromatic carbocycles. The number of imide groups is 1. The molecule has 2 heterocycles. The van der Waals surface area contributed by atoms with Gasteiger partial charge < -0.3 is 9.73 Å². The molecule has 4 rings (SSSR count). The molecule has 0 bridgehead atoms. The van der Waals surface area contributed by atoms with Crippen molar-refractivity contribution in [2.75, 3.05) is 5.32 Å². The van der Waals surface area contributed by atoms with Crippen molar-refractivity contribution in [1.29, 1.82) is 0 Å². The van der Waals surface area contributed by atoms with E-state index in [4.69, 9.17) is 4.42 Å². The second-order valence-corrected chi connectivity index (χ2v) is 7.66. The highest BCUT2D eigenvalue weighted by molar-refractivity contribution is 6.23. The molecule has 1 aromatic heterocycles. The van der Waals surface area contributed by atoms with Crippen LogP contribution in [0.1, 0.15) is 40.1 Å². The fraction of sp³-hybridized carbons (Fsp3) is 0.217. The van der Waals surface area contributed by atoms with Gasteiger partial charge in [0.25, 0.3) is 11.8 Å². The summed E-state index contributed by atoms with van der Waals surface area (Å²) >= 11 is 0. The van der Waals surface area contributed by atoms with Gasteiger partial charge in [0.1, 0.15) is 11.6 Å². The van der Waals surface area contributed by atoms with E-state index in [0.29, 0.717) is 22.4 Å². The number of nitrogens with one attached hydrogen (secondary N) is 1. The lowest BCUT2D eigenvalue weighted by Crippen LogP contribution is -2.50. The summed E-state index contributed by atoms with van der Waals surface area (Å²) in [5, 5.41) is 3.51. The van der Waals surface area contributed by atoms with Crippen LogP contribution in [0.15, 0.2) is 57.7 Å². The zero-order valence-corrected chi connectivity index (χ0v) is 16.8. The molecule has 7 heteroatoms. The Hall–Kier alpha value is -3.74. The van der Waals surface area contributed by atoms with Crippen molar-refractivity contribution in [3.63, 3.8) is 0 Å². The van der Waals surface area contributed by atoms with Crippen LogP contribution in [0.5, 0.6) is 0 Å². The first-order valence-corrected chi connectivity index (χ1v) is 9.60. The molecule has 1 atom stereocenters. The number of amides is 3. The predicted molar refractivity (Wildman–Crippen MR) is 111 cm³/mol. The molecule has 3 amide bonds. The minimum atomic E-state index is -0.988. The predicted octanol–water partition coefficient (Wildman–Crippen LogP) is 3.36. The van der Waals surface area contributed by atoms with E-state index in [1.807, 2.05) is 0 Å². The van der Waals surface area contributed by atoms with Crippen molar-refractivity contribution in [2.45, 2.75) is 26.8 Å². The van der Waals surface area contributed by atoms with Gasteiger partial charge in [-0.25, -0.2) is 4.79 Å². The molecular formula is C23H20N2O5. The van der Waals surface area contributed by atoms with E-state index in [1.165, 1.54) is 6.07 Å². The third-order valence-electron chi connectivity index (χ3n) is 5.22. The zero-order chi connectivity index (χ0) is 21.6. The summed E-state index contributed by atoms with van der Waals surface area (Å²) in [6.07, 6.45) is 0. The summed E-state index contributed by atoms with van der Waals surface area (Å²) in [7, 11) is 0. The van der Waals surface area contributed by atoms with Crippen LogP contribution in [0.3, 0.4) is 0 Å². The first-order valence-electron chi connectivity index (χ1n) is 9.60. The molecule has 152 valence electrons. The molecule has 3 aromatic rings. The molecule has 0 fully saturated rings. The number of fused-ring (bicyclic) bond motifs is 2. The fourth-order valence-corrected chi connectivity index (χ4v) is 3.80. The van der Waals surface area contributed by atoms with Crippen LogP contribution in [-0.2, 0) is 4.79 Å². The van der Waals surface area contributed by atoms with Crippen LogP contribution in [0.4, 0.5) is 5.69 Å². The van der Waals surface area contributed by atoms with Gasteiger partial charge in [0.2, 0.25) is 5.91 Å². The first kappa shape index (κ1) is 19.6. The van der Waals surface area contributed by atoms with E-state index in [0.717, 1.165) is 15.8 Å². The van der Waals surface area contributed by atoms with E-state index in [9.17, 15) is 19.2 Å². The lowest BCUT2D eigenvalue weighted by Gasteiger charge is -2.28. The Morgan fingerprint density at radius 3 is 2.20 bits per heavy atom. The van der Waals surface area contributed by atoms with Gasteiger partial charge in [0, 0.05) is 23.2 Å². The Morgan fingerprint density at radius 1 is 0.967 bits per heavy atom. The standard InChI is InChI=1S/C23H20N2O5/c1-12(2)20(25-22(28)16-6-4-5-7-17(16)23(25)29)21(27)24-14-8-9-15-13(3)10-19(26)30-18(15)11-14/h4-12,20H,1-3H3,(H,24,27)/t20-/m1/s1. The normalized spacial score (nSPS) is 14.3. The number of carbonyl (C=O) groups is 3. The van der Waals surface area contributed by atoms with Gasteiger partial charge in [-0.2, -0.15) is 0 Å². The summed E-state index contributed by atoms with van der Waals surface area (Å²) in [5.74, 6) is -1.77. The number of hydrogen-bond donors (Lipinski definition) is 1. The number of rotatable bonds is 4. The third kappa shape index (κ3) is 3.18. The minimum Gasteiger partial charge on any atom is -0.423 e. The van der Waals surface area contributed by atoms with Gasteiger partial charge in [-0.05, 0) is 42.7 Å². The summed E-state index contributed by atoms with van der Waals surface area (Å²) < 4.78 is 5.22. The Labute approximate surface area is 172 Å². The molecule has 1 aliphatic heterocycles. The Bertz CT molecular complexity index is 1220. The highest BCUT2D eigenvalue weighted by atomic mass is 16.4.